The summed E-state index contributed by atoms with van der Waals surface area (Å²) in [6.07, 6.45) is 2.29. The maximum Gasteiger partial charge on any atom is 0.338 e. The second-order valence-electron chi connectivity index (χ2n) is 6.41. The molecule has 1 aromatic heterocycles. The lowest BCUT2D eigenvalue weighted by atomic mass is 10.2. The topological polar surface area (TPSA) is 95.3 Å². The molecular formula is C19H24N4O4S. The van der Waals surface area contributed by atoms with Crippen molar-refractivity contribution in [2.75, 3.05) is 24.3 Å². The van der Waals surface area contributed by atoms with E-state index in [0.717, 1.165) is 25.3 Å². The molecule has 1 aliphatic heterocycles. The second kappa shape index (κ2) is 9.70. The van der Waals surface area contributed by atoms with E-state index in [1.54, 1.807) is 31.2 Å². The summed E-state index contributed by atoms with van der Waals surface area (Å²) in [5.41, 5.74) is 1.07. The number of hydrogen-bond acceptors (Lipinski definition) is 7. The zero-order chi connectivity index (χ0) is 19.9. The first-order valence-electron chi connectivity index (χ1n) is 9.28. The number of carbonyl (C=O) groups is 2. The maximum atomic E-state index is 12.3. The minimum atomic E-state index is -0.378. The van der Waals surface area contributed by atoms with Gasteiger partial charge in [-0.2, -0.15) is 0 Å². The molecule has 0 radical (unpaired) electrons. The predicted octanol–water partition coefficient (Wildman–Crippen LogP) is 2.67. The molecule has 0 bridgehead atoms. The molecule has 1 atom stereocenters. The van der Waals surface area contributed by atoms with Crippen molar-refractivity contribution in [1.82, 2.24) is 14.8 Å². The fourth-order valence-corrected chi connectivity index (χ4v) is 3.70. The van der Waals surface area contributed by atoms with E-state index in [2.05, 4.69) is 15.5 Å². The molecule has 1 amide bonds. The number of thioether (sulfide) groups is 1. The molecule has 0 saturated carbocycles. The molecule has 1 fully saturated rings. The Morgan fingerprint density at radius 1 is 1.32 bits per heavy atom. The molecule has 2 aromatic rings. The van der Waals surface area contributed by atoms with Gasteiger partial charge in [-0.3, -0.25) is 4.79 Å². The third-order valence-electron chi connectivity index (χ3n) is 4.32. The third kappa shape index (κ3) is 5.32. The van der Waals surface area contributed by atoms with Gasteiger partial charge in [-0.15, -0.1) is 10.2 Å². The van der Waals surface area contributed by atoms with Crippen LogP contribution in [0.2, 0.25) is 0 Å². The van der Waals surface area contributed by atoms with E-state index >= 15 is 0 Å². The Balaban J connectivity index is 1.52. The standard InChI is InChI=1S/C19H24N4O4S/c1-3-26-18(25)14-6-8-15(9-7-14)20-17(24)12-28-19-22-21-13(2)23(19)11-16-5-4-10-27-16/h6-9,16H,3-5,10-12H2,1-2H3,(H,20,24). The normalized spacial score (nSPS) is 16.1. The monoisotopic (exact) mass is 404 g/mol. The number of nitrogens with zero attached hydrogens (tertiary/aromatic N) is 3. The van der Waals surface area contributed by atoms with E-state index in [9.17, 15) is 9.59 Å². The molecule has 1 saturated heterocycles. The Bertz CT molecular complexity index is 816. The molecule has 1 unspecified atom stereocenters. The zero-order valence-electron chi connectivity index (χ0n) is 16.0. The summed E-state index contributed by atoms with van der Waals surface area (Å²) >= 11 is 1.34. The molecule has 8 nitrogen and oxygen atoms in total. The second-order valence-corrected chi connectivity index (χ2v) is 7.35. The third-order valence-corrected chi connectivity index (χ3v) is 5.29. The number of aromatic nitrogens is 3. The van der Waals surface area contributed by atoms with Crippen LogP contribution in [0.5, 0.6) is 0 Å². The summed E-state index contributed by atoms with van der Waals surface area (Å²) in [6, 6.07) is 6.61. The molecule has 0 spiro atoms. The van der Waals surface area contributed by atoms with Gasteiger partial charge in [0.2, 0.25) is 5.91 Å². The average Bonchev–Trinajstić information content (AvgIpc) is 3.32. The van der Waals surface area contributed by atoms with Crippen LogP contribution in [0.15, 0.2) is 29.4 Å². The predicted molar refractivity (Wildman–Crippen MR) is 105 cm³/mol. The number of hydrogen-bond donors (Lipinski definition) is 1. The van der Waals surface area contributed by atoms with Crippen LogP contribution in [-0.4, -0.2) is 51.7 Å². The van der Waals surface area contributed by atoms with Crippen molar-refractivity contribution in [3.63, 3.8) is 0 Å². The van der Waals surface area contributed by atoms with Crippen molar-refractivity contribution < 1.29 is 19.1 Å². The lowest BCUT2D eigenvalue weighted by molar-refractivity contribution is -0.113. The van der Waals surface area contributed by atoms with E-state index in [4.69, 9.17) is 9.47 Å². The lowest BCUT2D eigenvalue weighted by Gasteiger charge is -2.13. The van der Waals surface area contributed by atoms with E-state index in [-0.39, 0.29) is 23.7 Å². The van der Waals surface area contributed by atoms with Gasteiger partial charge in [0.15, 0.2) is 5.16 Å². The smallest absolute Gasteiger partial charge is 0.338 e. The fraction of sp³-hybridized carbons (Fsp3) is 0.474. The van der Waals surface area contributed by atoms with Gasteiger partial charge in [0.05, 0.1) is 30.6 Å². The minimum Gasteiger partial charge on any atom is -0.462 e. The molecule has 1 N–H and O–H groups in total. The summed E-state index contributed by atoms with van der Waals surface area (Å²) in [5.74, 6) is 0.492. The van der Waals surface area contributed by atoms with E-state index < -0.39 is 0 Å². The molecule has 1 aliphatic rings. The van der Waals surface area contributed by atoms with Gasteiger partial charge in [-0.1, -0.05) is 11.8 Å². The number of aryl methyl sites for hydroxylation is 1. The highest BCUT2D eigenvalue weighted by Gasteiger charge is 2.20. The van der Waals surface area contributed by atoms with E-state index in [0.29, 0.717) is 29.6 Å². The fourth-order valence-electron chi connectivity index (χ4n) is 2.90. The van der Waals surface area contributed by atoms with Gasteiger partial charge in [-0.25, -0.2) is 4.79 Å². The zero-order valence-corrected chi connectivity index (χ0v) is 16.8. The number of anilines is 1. The number of amides is 1. The largest absolute Gasteiger partial charge is 0.462 e. The minimum absolute atomic E-state index is 0.154. The van der Waals surface area contributed by atoms with Crippen molar-refractivity contribution in [2.24, 2.45) is 0 Å². The Kier molecular flexibility index (Phi) is 7.05. The summed E-state index contributed by atoms with van der Waals surface area (Å²) in [4.78, 5) is 23.9. The molecule has 3 rings (SSSR count). The van der Waals surface area contributed by atoms with E-state index in [1.807, 2.05) is 11.5 Å². The van der Waals surface area contributed by atoms with Crippen molar-refractivity contribution in [3.8, 4) is 0 Å². The molecule has 1 aromatic carbocycles. The Morgan fingerprint density at radius 2 is 2.11 bits per heavy atom. The van der Waals surface area contributed by atoms with Gasteiger partial charge in [0.25, 0.3) is 0 Å². The number of carbonyl (C=O) groups excluding carboxylic acids is 2. The number of nitrogens with one attached hydrogen (secondary N) is 1. The molecule has 150 valence electrons. The Hall–Kier alpha value is -2.39. The number of rotatable bonds is 8. The van der Waals surface area contributed by atoms with Crippen molar-refractivity contribution in [2.45, 2.75) is 44.5 Å². The highest BCUT2D eigenvalue weighted by Crippen LogP contribution is 2.21. The number of esters is 1. The van der Waals surface area contributed by atoms with E-state index in [1.165, 1.54) is 11.8 Å². The molecule has 0 aliphatic carbocycles. The van der Waals surface area contributed by atoms with Gasteiger partial charge in [0, 0.05) is 12.3 Å². The first-order chi connectivity index (χ1) is 13.6. The summed E-state index contributed by atoms with van der Waals surface area (Å²) in [7, 11) is 0. The maximum absolute atomic E-state index is 12.3. The van der Waals surface area contributed by atoms with Crippen molar-refractivity contribution in [1.29, 1.82) is 0 Å². The van der Waals surface area contributed by atoms with Crippen LogP contribution in [0.25, 0.3) is 0 Å². The lowest BCUT2D eigenvalue weighted by Crippen LogP contribution is -2.18. The summed E-state index contributed by atoms with van der Waals surface area (Å²) < 4.78 is 12.6. The average molecular weight is 404 g/mol. The van der Waals surface area contributed by atoms with Crippen molar-refractivity contribution >= 4 is 29.3 Å². The van der Waals surface area contributed by atoms with Crippen molar-refractivity contribution in [3.05, 3.63) is 35.7 Å². The highest BCUT2D eigenvalue weighted by molar-refractivity contribution is 7.99. The Morgan fingerprint density at radius 3 is 2.79 bits per heavy atom. The van der Waals surface area contributed by atoms with Crippen LogP contribution >= 0.6 is 11.8 Å². The summed E-state index contributed by atoms with van der Waals surface area (Å²) in [5, 5.41) is 11.8. The molecule has 2 heterocycles. The van der Waals surface area contributed by atoms with Crippen LogP contribution in [-0.2, 0) is 20.8 Å². The van der Waals surface area contributed by atoms with Crippen LogP contribution in [0.3, 0.4) is 0 Å². The number of ether oxygens (including phenoxy) is 2. The molecule has 28 heavy (non-hydrogen) atoms. The first kappa shape index (κ1) is 20.3. The quantitative estimate of drug-likeness (QED) is 0.534. The van der Waals surface area contributed by atoms with Gasteiger partial charge < -0.3 is 19.4 Å². The first-order valence-corrected chi connectivity index (χ1v) is 10.3. The van der Waals surface area contributed by atoms with Crippen LogP contribution in [0.4, 0.5) is 5.69 Å². The van der Waals surface area contributed by atoms with Crippen LogP contribution in [0.1, 0.15) is 35.9 Å². The highest BCUT2D eigenvalue weighted by atomic mass is 32.2. The Labute approximate surface area is 168 Å². The van der Waals surface area contributed by atoms with Crippen LogP contribution in [0, 0.1) is 6.92 Å². The SMILES string of the molecule is CCOC(=O)c1ccc(NC(=O)CSc2nnc(C)n2CC2CCCO2)cc1. The number of benzene rings is 1. The van der Waals surface area contributed by atoms with Crippen LogP contribution < -0.4 is 5.32 Å². The molecular weight excluding hydrogens is 380 g/mol. The molecule has 9 heteroatoms. The van der Waals surface area contributed by atoms with Gasteiger partial charge in [0.1, 0.15) is 5.82 Å². The van der Waals surface area contributed by atoms with Gasteiger partial charge >= 0.3 is 5.97 Å². The van der Waals surface area contributed by atoms with Gasteiger partial charge in [-0.05, 0) is 51.0 Å². The summed E-state index contributed by atoms with van der Waals surface area (Å²) in [6.45, 7) is 5.49.